The minimum atomic E-state index is 0.472. The predicted octanol–water partition coefficient (Wildman–Crippen LogP) is 4.94. The molecular weight excluding hydrogens is 352 g/mol. The number of rotatable bonds is 6. The normalized spacial score (nSPS) is 10.3. The number of benzene rings is 2. The molecule has 3 rings (SSSR count). The summed E-state index contributed by atoms with van der Waals surface area (Å²) < 4.78 is 10.6. The summed E-state index contributed by atoms with van der Waals surface area (Å²) in [5.74, 6) is 2.41. The molecule has 0 saturated carbocycles. The first kappa shape index (κ1) is 17.8. The second kappa shape index (κ2) is 7.93. The summed E-state index contributed by atoms with van der Waals surface area (Å²) in [6, 6.07) is 13.3. The van der Waals surface area contributed by atoms with Gasteiger partial charge < -0.3 is 20.1 Å². The minimum absolute atomic E-state index is 0.472. The summed E-state index contributed by atoms with van der Waals surface area (Å²) in [6.45, 7) is 2.05. The van der Waals surface area contributed by atoms with E-state index in [-0.39, 0.29) is 0 Å². The lowest BCUT2D eigenvalue weighted by molar-refractivity contribution is 0.405. The zero-order chi connectivity index (χ0) is 18.5. The summed E-state index contributed by atoms with van der Waals surface area (Å²) in [6.07, 6.45) is 1.48. The molecule has 2 aromatic carbocycles. The van der Waals surface area contributed by atoms with Gasteiger partial charge in [-0.1, -0.05) is 29.3 Å². The van der Waals surface area contributed by atoms with E-state index in [4.69, 9.17) is 21.1 Å². The third-order valence-electron chi connectivity index (χ3n) is 3.73. The first-order chi connectivity index (χ1) is 12.6. The van der Waals surface area contributed by atoms with E-state index in [1.807, 2.05) is 31.2 Å². The summed E-state index contributed by atoms with van der Waals surface area (Å²) in [4.78, 5) is 8.50. The van der Waals surface area contributed by atoms with E-state index < -0.39 is 0 Å². The summed E-state index contributed by atoms with van der Waals surface area (Å²) in [5, 5.41) is 6.93. The Morgan fingerprint density at radius 1 is 0.846 bits per heavy atom. The fourth-order valence-corrected chi connectivity index (χ4v) is 2.61. The van der Waals surface area contributed by atoms with Gasteiger partial charge in [-0.25, -0.2) is 9.97 Å². The molecule has 1 heterocycles. The van der Waals surface area contributed by atoms with E-state index in [0.717, 1.165) is 5.69 Å². The van der Waals surface area contributed by atoms with Crippen molar-refractivity contribution in [3.8, 4) is 11.5 Å². The van der Waals surface area contributed by atoms with E-state index in [1.165, 1.54) is 11.9 Å². The van der Waals surface area contributed by atoms with Crippen molar-refractivity contribution in [3.05, 3.63) is 59.4 Å². The number of hydrogen-bond acceptors (Lipinski definition) is 6. The van der Waals surface area contributed by atoms with Gasteiger partial charge in [0.1, 0.15) is 29.5 Å². The fraction of sp³-hybridized carbons (Fsp3) is 0.158. The molecule has 0 saturated heterocycles. The fourth-order valence-electron chi connectivity index (χ4n) is 2.37. The number of methoxy groups -OCH3 is 2. The first-order valence-electron chi connectivity index (χ1n) is 7.93. The highest BCUT2D eigenvalue weighted by Gasteiger charge is 2.11. The van der Waals surface area contributed by atoms with Gasteiger partial charge in [0.2, 0.25) is 0 Å². The Hall–Kier alpha value is -2.99. The van der Waals surface area contributed by atoms with Gasteiger partial charge in [-0.15, -0.1) is 0 Å². The Morgan fingerprint density at radius 3 is 2.15 bits per heavy atom. The Labute approximate surface area is 157 Å². The molecule has 0 spiro atoms. The molecular formula is C19H19ClN4O2. The third kappa shape index (κ3) is 4.15. The van der Waals surface area contributed by atoms with Gasteiger partial charge in [-0.2, -0.15) is 0 Å². The van der Waals surface area contributed by atoms with Gasteiger partial charge in [0.05, 0.1) is 24.9 Å². The van der Waals surface area contributed by atoms with E-state index >= 15 is 0 Å². The number of anilines is 4. The van der Waals surface area contributed by atoms with Crippen LogP contribution in [-0.4, -0.2) is 24.2 Å². The van der Waals surface area contributed by atoms with Crippen LogP contribution in [0.2, 0.25) is 5.02 Å². The van der Waals surface area contributed by atoms with Gasteiger partial charge in [0.15, 0.2) is 0 Å². The Balaban J connectivity index is 1.83. The molecule has 1 aromatic heterocycles. The van der Waals surface area contributed by atoms with E-state index in [9.17, 15) is 0 Å². The predicted molar refractivity (Wildman–Crippen MR) is 104 cm³/mol. The molecule has 26 heavy (non-hydrogen) atoms. The largest absolute Gasteiger partial charge is 0.495 e. The van der Waals surface area contributed by atoms with E-state index in [1.54, 1.807) is 32.4 Å². The highest BCUT2D eigenvalue weighted by Crippen LogP contribution is 2.37. The maximum atomic E-state index is 6.14. The lowest BCUT2D eigenvalue weighted by Gasteiger charge is -2.14. The summed E-state index contributed by atoms with van der Waals surface area (Å²) in [5.41, 5.74) is 2.84. The zero-order valence-corrected chi connectivity index (χ0v) is 15.5. The van der Waals surface area contributed by atoms with Crippen LogP contribution in [0, 0.1) is 6.92 Å². The van der Waals surface area contributed by atoms with Crippen molar-refractivity contribution in [3.63, 3.8) is 0 Å². The molecule has 2 N–H and O–H groups in total. The van der Waals surface area contributed by atoms with Crippen molar-refractivity contribution in [2.75, 3.05) is 24.9 Å². The average molecular weight is 371 g/mol. The molecule has 0 aliphatic heterocycles. The monoisotopic (exact) mass is 370 g/mol. The number of hydrogen-bond donors (Lipinski definition) is 2. The smallest absolute Gasteiger partial charge is 0.144 e. The van der Waals surface area contributed by atoms with Crippen molar-refractivity contribution in [1.82, 2.24) is 9.97 Å². The maximum Gasteiger partial charge on any atom is 0.144 e. The molecule has 0 atom stereocenters. The number of aromatic nitrogens is 2. The highest BCUT2D eigenvalue weighted by molar-refractivity contribution is 6.32. The molecule has 6 nitrogen and oxygen atoms in total. The highest BCUT2D eigenvalue weighted by atomic mass is 35.5. The van der Waals surface area contributed by atoms with Crippen molar-refractivity contribution < 1.29 is 9.47 Å². The number of ether oxygens (including phenoxy) is 2. The van der Waals surface area contributed by atoms with Gasteiger partial charge in [-0.05, 0) is 19.1 Å². The van der Waals surface area contributed by atoms with Gasteiger partial charge in [0.25, 0.3) is 0 Å². The number of nitrogens with zero attached hydrogens (tertiary/aromatic N) is 2. The van der Waals surface area contributed by atoms with Crippen LogP contribution in [-0.2, 0) is 0 Å². The topological polar surface area (TPSA) is 68.3 Å². The van der Waals surface area contributed by atoms with Crippen LogP contribution >= 0.6 is 11.6 Å². The summed E-state index contributed by atoms with van der Waals surface area (Å²) >= 11 is 6.14. The molecule has 0 bridgehead atoms. The summed E-state index contributed by atoms with van der Waals surface area (Å²) in [7, 11) is 3.14. The van der Waals surface area contributed by atoms with Gasteiger partial charge in [-0.3, -0.25) is 0 Å². The van der Waals surface area contributed by atoms with Crippen molar-refractivity contribution >= 4 is 34.6 Å². The third-order valence-corrected chi connectivity index (χ3v) is 4.02. The lowest BCUT2D eigenvalue weighted by Crippen LogP contribution is -2.00. The Kier molecular flexibility index (Phi) is 5.43. The average Bonchev–Trinajstić information content (AvgIpc) is 2.65. The van der Waals surface area contributed by atoms with Crippen molar-refractivity contribution in [2.24, 2.45) is 0 Å². The molecule has 0 fully saturated rings. The van der Waals surface area contributed by atoms with Crippen LogP contribution in [0.5, 0.6) is 11.5 Å². The molecule has 3 aromatic rings. The molecule has 134 valence electrons. The van der Waals surface area contributed by atoms with Crippen LogP contribution in [0.1, 0.15) is 5.56 Å². The standard InChI is InChI=1S/C19H19ClN4O2/c1-12-4-6-13(7-5-12)23-18-10-19(22-11-21-18)24-15-9-16(25-2)14(20)8-17(15)26-3/h4-11H,1-3H3,(H2,21,22,23,24). The quantitative estimate of drug-likeness (QED) is 0.640. The molecule has 0 unspecified atom stereocenters. The van der Waals surface area contributed by atoms with Crippen LogP contribution in [0.15, 0.2) is 48.8 Å². The molecule has 0 radical (unpaired) electrons. The number of halogens is 1. The molecule has 0 aliphatic carbocycles. The lowest BCUT2D eigenvalue weighted by atomic mass is 10.2. The van der Waals surface area contributed by atoms with Crippen LogP contribution < -0.4 is 20.1 Å². The van der Waals surface area contributed by atoms with E-state index in [0.29, 0.717) is 33.8 Å². The van der Waals surface area contributed by atoms with Crippen LogP contribution in [0.4, 0.5) is 23.0 Å². The minimum Gasteiger partial charge on any atom is -0.495 e. The Bertz CT molecular complexity index is 901. The van der Waals surface area contributed by atoms with E-state index in [2.05, 4.69) is 20.6 Å². The second-order valence-electron chi connectivity index (χ2n) is 5.59. The molecule has 0 amide bonds. The van der Waals surface area contributed by atoms with Gasteiger partial charge >= 0.3 is 0 Å². The van der Waals surface area contributed by atoms with Gasteiger partial charge in [0, 0.05) is 23.9 Å². The number of aryl methyl sites for hydroxylation is 1. The van der Waals surface area contributed by atoms with Crippen molar-refractivity contribution in [1.29, 1.82) is 0 Å². The van der Waals surface area contributed by atoms with Crippen LogP contribution in [0.3, 0.4) is 0 Å². The molecule has 0 aliphatic rings. The zero-order valence-electron chi connectivity index (χ0n) is 14.7. The molecule has 7 heteroatoms. The van der Waals surface area contributed by atoms with Crippen LogP contribution in [0.25, 0.3) is 0 Å². The maximum absolute atomic E-state index is 6.14. The van der Waals surface area contributed by atoms with Crippen molar-refractivity contribution in [2.45, 2.75) is 6.92 Å². The SMILES string of the molecule is COc1cc(Nc2cc(Nc3ccc(C)cc3)ncn2)c(OC)cc1Cl. The number of nitrogens with one attached hydrogen (secondary N) is 2. The Morgan fingerprint density at radius 2 is 1.50 bits per heavy atom. The first-order valence-corrected chi connectivity index (χ1v) is 8.31. The second-order valence-corrected chi connectivity index (χ2v) is 6.00.